The van der Waals surface area contributed by atoms with E-state index in [1.807, 2.05) is 49.1 Å². The molecule has 0 spiro atoms. The van der Waals surface area contributed by atoms with Crippen LogP contribution in [0, 0.1) is 0 Å². The largest absolute Gasteiger partial charge is 1.00 e. The van der Waals surface area contributed by atoms with Crippen LogP contribution >= 0.6 is 0 Å². The fourth-order valence-corrected chi connectivity index (χ4v) is 1.47. The Labute approximate surface area is 128 Å². The lowest BCUT2D eigenvalue weighted by molar-refractivity contribution is -0.778. The van der Waals surface area contributed by atoms with Gasteiger partial charge in [-0.2, -0.15) is 9.13 Å². The molecule has 4 nitrogen and oxygen atoms in total. The molecule has 18 heavy (non-hydrogen) atoms. The van der Waals surface area contributed by atoms with Gasteiger partial charge in [-0.25, -0.2) is 0 Å². The highest BCUT2D eigenvalue weighted by Gasteiger charge is 2.05. The number of nitrogen functional groups attached to an aromatic ring is 2. The standard InChI is InChI=1S/C12H14N4.2BrH/c13-11-1-5-15(6-2-11)9-10-16-7-3-12(14)4-8-16;;/h1-8,13-14H,9-10H2;2*1H. The van der Waals surface area contributed by atoms with Gasteiger partial charge in [0.1, 0.15) is 0 Å². The van der Waals surface area contributed by atoms with Gasteiger partial charge in [-0.15, -0.1) is 0 Å². The number of aromatic nitrogens is 2. The molecule has 6 heteroatoms. The van der Waals surface area contributed by atoms with Crippen molar-refractivity contribution >= 4 is 11.4 Å². The fourth-order valence-electron chi connectivity index (χ4n) is 1.47. The lowest BCUT2D eigenvalue weighted by atomic mass is 10.4. The smallest absolute Gasteiger partial charge is 0.206 e. The van der Waals surface area contributed by atoms with Gasteiger partial charge in [0.15, 0.2) is 24.8 Å². The quantitative estimate of drug-likeness (QED) is 0.525. The lowest BCUT2D eigenvalue weighted by Crippen LogP contribution is -3.00. The summed E-state index contributed by atoms with van der Waals surface area (Å²) in [4.78, 5) is 0. The van der Waals surface area contributed by atoms with Gasteiger partial charge in [-0.1, -0.05) is 0 Å². The van der Waals surface area contributed by atoms with Crippen molar-refractivity contribution in [2.24, 2.45) is 0 Å². The van der Waals surface area contributed by atoms with E-state index >= 15 is 0 Å². The molecule has 0 aliphatic heterocycles. The zero-order valence-corrected chi connectivity index (χ0v) is 13.0. The first kappa shape index (κ1) is 16.9. The van der Waals surface area contributed by atoms with Gasteiger partial charge in [-0.3, -0.25) is 0 Å². The predicted octanol–water partition coefficient (Wildman–Crippen LogP) is -5.87. The van der Waals surface area contributed by atoms with Crippen LogP contribution in [0.15, 0.2) is 49.1 Å². The summed E-state index contributed by atoms with van der Waals surface area (Å²) in [5.41, 5.74) is 12.8. The Morgan fingerprint density at radius 3 is 1.22 bits per heavy atom. The van der Waals surface area contributed by atoms with Gasteiger partial charge < -0.3 is 45.4 Å². The van der Waals surface area contributed by atoms with Crippen molar-refractivity contribution in [2.45, 2.75) is 13.1 Å². The summed E-state index contributed by atoms with van der Waals surface area (Å²) in [5.74, 6) is 0. The van der Waals surface area contributed by atoms with E-state index in [0.717, 1.165) is 24.5 Å². The molecule has 0 unspecified atom stereocenters. The third-order valence-electron chi connectivity index (χ3n) is 2.45. The Morgan fingerprint density at radius 1 is 0.667 bits per heavy atom. The molecule has 0 aliphatic rings. The van der Waals surface area contributed by atoms with Crippen LogP contribution in [0.5, 0.6) is 0 Å². The van der Waals surface area contributed by atoms with Crippen LogP contribution in [0.2, 0.25) is 0 Å². The number of hydrogen-bond acceptors (Lipinski definition) is 2. The van der Waals surface area contributed by atoms with Gasteiger partial charge in [0.2, 0.25) is 13.1 Å². The van der Waals surface area contributed by atoms with Crippen LogP contribution in [0.1, 0.15) is 0 Å². The highest BCUT2D eigenvalue weighted by atomic mass is 79.9. The van der Waals surface area contributed by atoms with E-state index in [1.165, 1.54) is 0 Å². The third-order valence-corrected chi connectivity index (χ3v) is 2.45. The molecule has 98 valence electrons. The molecule has 2 aromatic heterocycles. The molecular weight excluding hydrogens is 360 g/mol. The van der Waals surface area contributed by atoms with E-state index in [2.05, 4.69) is 9.13 Å². The summed E-state index contributed by atoms with van der Waals surface area (Å²) in [6.45, 7) is 1.82. The van der Waals surface area contributed by atoms with Crippen molar-refractivity contribution in [1.82, 2.24) is 0 Å². The number of nitrogens with two attached hydrogens (primary N) is 2. The van der Waals surface area contributed by atoms with Crippen LogP contribution in [0.3, 0.4) is 0 Å². The predicted molar refractivity (Wildman–Crippen MR) is 62.1 cm³/mol. The summed E-state index contributed by atoms with van der Waals surface area (Å²) >= 11 is 0. The monoisotopic (exact) mass is 374 g/mol. The maximum atomic E-state index is 5.62. The molecule has 0 saturated heterocycles. The van der Waals surface area contributed by atoms with Gasteiger partial charge in [-0.05, 0) is 0 Å². The Balaban J connectivity index is 0.00000144. The number of aryl methyl sites for hydroxylation is 2. The molecular formula is C12H16Br2N4. The molecule has 0 amide bonds. The van der Waals surface area contributed by atoms with Crippen molar-refractivity contribution in [3.05, 3.63) is 49.1 Å². The SMILES string of the molecule is Nc1cc[n+](CC[n+]2ccc(N)cc2)cc1.[Br-].[Br-]. The molecule has 4 N–H and O–H groups in total. The molecule has 0 bridgehead atoms. The number of anilines is 2. The topological polar surface area (TPSA) is 59.8 Å². The number of rotatable bonds is 3. The lowest BCUT2D eigenvalue weighted by Gasteiger charge is -1.96. The number of halogens is 2. The van der Waals surface area contributed by atoms with Gasteiger partial charge in [0.05, 0.1) is 0 Å². The van der Waals surface area contributed by atoms with Gasteiger partial charge in [0.25, 0.3) is 0 Å². The molecule has 2 aromatic rings. The van der Waals surface area contributed by atoms with Crippen molar-refractivity contribution in [3.63, 3.8) is 0 Å². The summed E-state index contributed by atoms with van der Waals surface area (Å²) < 4.78 is 4.19. The third kappa shape index (κ3) is 5.01. The van der Waals surface area contributed by atoms with Crippen LogP contribution in [-0.4, -0.2) is 0 Å². The van der Waals surface area contributed by atoms with Crippen molar-refractivity contribution in [1.29, 1.82) is 0 Å². The van der Waals surface area contributed by atoms with Gasteiger partial charge in [0, 0.05) is 35.6 Å². The van der Waals surface area contributed by atoms with E-state index in [-0.39, 0.29) is 34.0 Å². The van der Waals surface area contributed by atoms with E-state index in [9.17, 15) is 0 Å². The maximum absolute atomic E-state index is 5.62. The van der Waals surface area contributed by atoms with Crippen LogP contribution in [0.4, 0.5) is 11.4 Å². The molecule has 0 aromatic carbocycles. The summed E-state index contributed by atoms with van der Waals surface area (Å²) in [6.07, 6.45) is 7.92. The minimum atomic E-state index is 0. The minimum absolute atomic E-state index is 0. The Morgan fingerprint density at radius 2 is 0.944 bits per heavy atom. The average molecular weight is 376 g/mol. The number of hydrogen-bond donors (Lipinski definition) is 2. The van der Waals surface area contributed by atoms with Gasteiger partial charge >= 0.3 is 0 Å². The van der Waals surface area contributed by atoms with Crippen molar-refractivity contribution in [3.8, 4) is 0 Å². The van der Waals surface area contributed by atoms with E-state index in [4.69, 9.17) is 11.5 Å². The molecule has 0 aliphatic carbocycles. The summed E-state index contributed by atoms with van der Waals surface area (Å²) in [7, 11) is 0. The molecule has 2 rings (SSSR count). The first-order valence-electron chi connectivity index (χ1n) is 5.23. The van der Waals surface area contributed by atoms with E-state index in [0.29, 0.717) is 0 Å². The molecule has 0 fully saturated rings. The molecule has 0 atom stereocenters. The van der Waals surface area contributed by atoms with Crippen molar-refractivity contribution in [2.75, 3.05) is 11.5 Å². The number of pyridine rings is 2. The highest BCUT2D eigenvalue weighted by molar-refractivity contribution is 5.32. The Hall–Kier alpha value is -1.14. The first-order chi connectivity index (χ1) is 7.74. The minimum Gasteiger partial charge on any atom is -1.00 e. The second-order valence-electron chi connectivity index (χ2n) is 3.74. The Kier molecular flexibility index (Phi) is 7.54. The zero-order chi connectivity index (χ0) is 11.4. The molecule has 0 radical (unpaired) electrons. The van der Waals surface area contributed by atoms with Crippen LogP contribution in [0.25, 0.3) is 0 Å². The zero-order valence-electron chi connectivity index (χ0n) is 9.84. The Bertz CT molecular complexity index is 411. The van der Waals surface area contributed by atoms with E-state index in [1.54, 1.807) is 0 Å². The van der Waals surface area contributed by atoms with Crippen molar-refractivity contribution < 1.29 is 43.1 Å². The normalized spacial score (nSPS) is 9.11. The fraction of sp³-hybridized carbons (Fsp3) is 0.167. The van der Waals surface area contributed by atoms with Crippen LogP contribution < -0.4 is 54.6 Å². The second-order valence-corrected chi connectivity index (χ2v) is 3.74. The highest BCUT2D eigenvalue weighted by Crippen LogP contribution is 1.94. The second kappa shape index (κ2) is 8.05. The summed E-state index contributed by atoms with van der Waals surface area (Å²) in [6, 6.07) is 7.59. The molecule has 2 heterocycles. The first-order valence-corrected chi connectivity index (χ1v) is 5.23. The van der Waals surface area contributed by atoms with Crippen LogP contribution in [-0.2, 0) is 13.1 Å². The molecule has 0 saturated carbocycles. The van der Waals surface area contributed by atoms with E-state index < -0.39 is 0 Å². The summed E-state index contributed by atoms with van der Waals surface area (Å²) in [5, 5.41) is 0. The number of nitrogens with zero attached hydrogens (tertiary/aromatic N) is 2. The maximum Gasteiger partial charge on any atom is 0.206 e. The average Bonchev–Trinajstić information content (AvgIpc) is 2.30.